The largest absolute Gasteiger partial charge is 0.492 e. The van der Waals surface area contributed by atoms with Gasteiger partial charge >= 0.3 is 0 Å². The molecule has 1 heterocycles. The number of rotatable bonds is 6. The van der Waals surface area contributed by atoms with Gasteiger partial charge in [0, 0.05) is 0 Å². The Hall–Kier alpha value is -2.24. The van der Waals surface area contributed by atoms with Gasteiger partial charge in [0.2, 0.25) is 0 Å². The van der Waals surface area contributed by atoms with E-state index in [1.807, 2.05) is 50.2 Å². The predicted molar refractivity (Wildman–Crippen MR) is 110 cm³/mol. The number of amides is 1. The number of carbonyl (C=O) groups is 1. The molecule has 0 unspecified atom stereocenters. The lowest BCUT2D eigenvalue weighted by molar-refractivity contribution is -0.914. The van der Waals surface area contributed by atoms with Crippen molar-refractivity contribution in [1.29, 1.82) is 0 Å². The summed E-state index contributed by atoms with van der Waals surface area (Å²) in [5.41, 5.74) is 1.80. The zero-order chi connectivity index (χ0) is 19.2. The van der Waals surface area contributed by atoms with Crippen molar-refractivity contribution in [2.24, 2.45) is 0 Å². The van der Waals surface area contributed by atoms with Crippen LogP contribution in [0.15, 0.2) is 48.5 Å². The molecule has 1 fully saturated rings. The summed E-state index contributed by atoms with van der Waals surface area (Å²) >= 11 is 6.15. The number of carbonyl (C=O) groups excluding carboxylic acids is 1. The molecule has 6 heteroatoms. The second-order valence-electron chi connectivity index (χ2n) is 6.74. The Kier molecular flexibility index (Phi) is 6.58. The summed E-state index contributed by atoms with van der Waals surface area (Å²) in [6, 6.07) is 15.3. The van der Waals surface area contributed by atoms with Gasteiger partial charge in [0.05, 0.1) is 49.2 Å². The van der Waals surface area contributed by atoms with E-state index in [1.54, 1.807) is 6.07 Å². The van der Waals surface area contributed by atoms with Crippen molar-refractivity contribution in [1.82, 2.24) is 0 Å². The maximum Gasteiger partial charge on any atom is 0.282 e. The minimum Gasteiger partial charge on any atom is -0.492 e. The molecule has 0 spiro atoms. The number of halogens is 1. The van der Waals surface area contributed by atoms with E-state index in [9.17, 15) is 4.79 Å². The fourth-order valence-electron chi connectivity index (χ4n) is 3.45. The molecule has 1 aliphatic heterocycles. The van der Waals surface area contributed by atoms with Crippen molar-refractivity contribution >= 4 is 28.9 Å². The number of nitrogens with zero attached hydrogens (tertiary/aromatic N) is 1. The highest BCUT2D eigenvalue weighted by Gasteiger charge is 2.30. The van der Waals surface area contributed by atoms with Crippen LogP contribution in [0.25, 0.3) is 0 Å². The number of hydrogen-bond donors (Lipinski definition) is 2. The van der Waals surface area contributed by atoms with Crippen LogP contribution in [0.2, 0.25) is 5.02 Å². The van der Waals surface area contributed by atoms with E-state index in [-0.39, 0.29) is 11.9 Å². The Bertz CT molecular complexity index is 776. The Morgan fingerprint density at radius 1 is 1.19 bits per heavy atom. The molecule has 2 N–H and O–H groups in total. The molecule has 2 aromatic rings. The highest BCUT2D eigenvalue weighted by Crippen LogP contribution is 2.27. The molecular formula is C21H27ClN3O2+. The molecule has 144 valence electrons. The molecule has 1 amide bonds. The van der Waals surface area contributed by atoms with E-state index < -0.39 is 0 Å². The predicted octanol–water partition coefficient (Wildman–Crippen LogP) is 2.47. The van der Waals surface area contributed by atoms with Crippen LogP contribution in [0, 0.1) is 0 Å². The Labute approximate surface area is 165 Å². The van der Waals surface area contributed by atoms with Crippen LogP contribution >= 0.6 is 11.6 Å². The standard InChI is InChI=1S/C21H26ClN3O2/c1-3-27-20-11-7-6-10-19(20)25-14-12-24(13-15-25)16(2)21(26)23-18-9-5-4-8-17(18)22/h4-11,16H,3,12-15H2,1-2H3,(H,23,26)/p+1/t16-/m0/s1. The lowest BCUT2D eigenvalue weighted by atomic mass is 10.2. The third-order valence-corrected chi connectivity index (χ3v) is 5.38. The van der Waals surface area contributed by atoms with Gasteiger partial charge in [-0.15, -0.1) is 0 Å². The SMILES string of the molecule is CCOc1ccccc1N1CC[NH+]([C@@H](C)C(=O)Nc2ccccc2Cl)CC1. The molecule has 0 radical (unpaired) electrons. The molecular weight excluding hydrogens is 362 g/mol. The molecule has 27 heavy (non-hydrogen) atoms. The van der Waals surface area contributed by atoms with Crippen LogP contribution in [-0.4, -0.2) is 44.7 Å². The summed E-state index contributed by atoms with van der Waals surface area (Å²) in [7, 11) is 0. The van der Waals surface area contributed by atoms with Gasteiger partial charge in [-0.05, 0) is 38.1 Å². The van der Waals surface area contributed by atoms with Gasteiger partial charge in [-0.1, -0.05) is 35.9 Å². The van der Waals surface area contributed by atoms with Crippen molar-refractivity contribution in [3.8, 4) is 5.75 Å². The van der Waals surface area contributed by atoms with Gasteiger partial charge in [0.1, 0.15) is 5.75 Å². The lowest BCUT2D eigenvalue weighted by Gasteiger charge is -2.36. The molecule has 2 aromatic carbocycles. The van der Waals surface area contributed by atoms with Crippen LogP contribution in [0.3, 0.4) is 0 Å². The summed E-state index contributed by atoms with van der Waals surface area (Å²) < 4.78 is 5.76. The van der Waals surface area contributed by atoms with Crippen LogP contribution in [-0.2, 0) is 4.79 Å². The Morgan fingerprint density at radius 2 is 1.85 bits per heavy atom. The van der Waals surface area contributed by atoms with Gasteiger partial charge in [-0.3, -0.25) is 4.79 Å². The molecule has 3 rings (SSSR count). The first-order chi connectivity index (χ1) is 13.1. The summed E-state index contributed by atoms with van der Waals surface area (Å²) in [5, 5.41) is 3.51. The van der Waals surface area contributed by atoms with Gasteiger partial charge in [0.25, 0.3) is 5.91 Å². The number of nitrogens with one attached hydrogen (secondary N) is 2. The lowest BCUT2D eigenvalue weighted by Crippen LogP contribution is -3.19. The Morgan fingerprint density at radius 3 is 2.56 bits per heavy atom. The molecule has 0 saturated carbocycles. The van der Waals surface area contributed by atoms with Gasteiger partial charge in [0.15, 0.2) is 6.04 Å². The second kappa shape index (κ2) is 9.11. The third kappa shape index (κ3) is 4.73. The number of para-hydroxylation sites is 3. The van der Waals surface area contributed by atoms with Gasteiger partial charge < -0.3 is 19.9 Å². The van der Waals surface area contributed by atoms with Gasteiger partial charge in [-0.2, -0.15) is 0 Å². The fourth-order valence-corrected chi connectivity index (χ4v) is 3.64. The van der Waals surface area contributed by atoms with Crippen molar-refractivity contribution in [2.75, 3.05) is 43.0 Å². The second-order valence-corrected chi connectivity index (χ2v) is 7.14. The summed E-state index contributed by atoms with van der Waals surface area (Å²) in [6.07, 6.45) is 0. The van der Waals surface area contributed by atoms with Crippen molar-refractivity contribution in [2.45, 2.75) is 19.9 Å². The molecule has 1 aliphatic rings. The van der Waals surface area contributed by atoms with Crippen molar-refractivity contribution < 1.29 is 14.4 Å². The summed E-state index contributed by atoms with van der Waals surface area (Å²) in [4.78, 5) is 16.3. The molecule has 0 bridgehead atoms. The van der Waals surface area contributed by atoms with E-state index >= 15 is 0 Å². The van der Waals surface area contributed by atoms with Crippen LogP contribution in [0.4, 0.5) is 11.4 Å². The zero-order valence-corrected chi connectivity index (χ0v) is 16.6. The maximum absolute atomic E-state index is 12.6. The number of piperazine rings is 1. The minimum atomic E-state index is -0.134. The van der Waals surface area contributed by atoms with Crippen LogP contribution < -0.4 is 19.9 Å². The first kappa shape index (κ1) is 19.5. The number of ether oxygens (including phenoxy) is 1. The normalized spacial score (nSPS) is 16.0. The fraction of sp³-hybridized carbons (Fsp3) is 0.381. The molecule has 0 aliphatic carbocycles. The number of hydrogen-bond acceptors (Lipinski definition) is 3. The van der Waals surface area contributed by atoms with E-state index in [0.717, 1.165) is 37.6 Å². The van der Waals surface area contributed by atoms with Crippen molar-refractivity contribution in [3.63, 3.8) is 0 Å². The highest BCUT2D eigenvalue weighted by atomic mass is 35.5. The molecule has 5 nitrogen and oxygen atoms in total. The minimum absolute atomic E-state index is 0.00117. The smallest absolute Gasteiger partial charge is 0.282 e. The maximum atomic E-state index is 12.6. The Balaban J connectivity index is 1.59. The zero-order valence-electron chi connectivity index (χ0n) is 15.9. The first-order valence-electron chi connectivity index (χ1n) is 9.47. The monoisotopic (exact) mass is 388 g/mol. The van der Waals surface area contributed by atoms with Gasteiger partial charge in [-0.25, -0.2) is 0 Å². The summed E-state index contributed by atoms with van der Waals surface area (Å²) in [5.74, 6) is 0.925. The molecule has 0 aromatic heterocycles. The average Bonchev–Trinajstić information content (AvgIpc) is 2.70. The van der Waals surface area contributed by atoms with Crippen molar-refractivity contribution in [3.05, 3.63) is 53.6 Å². The van der Waals surface area contributed by atoms with Crippen LogP contribution in [0.1, 0.15) is 13.8 Å². The van der Waals surface area contributed by atoms with E-state index in [1.165, 1.54) is 4.90 Å². The summed E-state index contributed by atoms with van der Waals surface area (Å²) in [6.45, 7) is 8.21. The third-order valence-electron chi connectivity index (χ3n) is 5.05. The average molecular weight is 389 g/mol. The molecule has 1 atom stereocenters. The molecule has 1 saturated heterocycles. The topological polar surface area (TPSA) is 46.0 Å². The number of anilines is 2. The number of benzene rings is 2. The van der Waals surface area contributed by atoms with E-state index in [4.69, 9.17) is 16.3 Å². The van der Waals surface area contributed by atoms with E-state index in [0.29, 0.717) is 17.3 Å². The highest BCUT2D eigenvalue weighted by molar-refractivity contribution is 6.33. The quantitative estimate of drug-likeness (QED) is 0.799. The van der Waals surface area contributed by atoms with Crippen LogP contribution in [0.5, 0.6) is 5.75 Å². The first-order valence-corrected chi connectivity index (χ1v) is 9.84. The number of quaternary nitrogens is 1. The van der Waals surface area contributed by atoms with E-state index in [2.05, 4.69) is 16.3 Å².